The van der Waals surface area contributed by atoms with Crippen LogP contribution in [-0.2, 0) is 0 Å². The summed E-state index contributed by atoms with van der Waals surface area (Å²) in [6, 6.07) is 62.6. The Kier molecular flexibility index (Phi) is 5.36. The Bertz CT molecular complexity index is 2430. The van der Waals surface area contributed by atoms with Gasteiger partial charge < -0.3 is 14.7 Å². The van der Waals surface area contributed by atoms with E-state index in [2.05, 4.69) is 185 Å². The van der Waals surface area contributed by atoms with Gasteiger partial charge in [0.2, 0.25) is 0 Å². The van der Waals surface area contributed by atoms with Gasteiger partial charge in [-0.3, -0.25) is 0 Å². The minimum atomic E-state index is -0.926. The van der Waals surface area contributed by atoms with Crippen LogP contribution >= 0.6 is 7.92 Å². The van der Waals surface area contributed by atoms with E-state index in [9.17, 15) is 0 Å². The molecule has 0 atom stereocenters. The molecular formula is C44H28N3P. The molecule has 224 valence electrons. The van der Waals surface area contributed by atoms with Crippen LogP contribution in [0.15, 0.2) is 170 Å². The summed E-state index contributed by atoms with van der Waals surface area (Å²) in [6.07, 6.45) is 0. The average molecular weight is 630 g/mol. The van der Waals surface area contributed by atoms with Crippen LogP contribution in [-0.4, -0.2) is 0 Å². The predicted octanol–water partition coefficient (Wildman–Crippen LogP) is 11.1. The number of hydrogen-bond acceptors (Lipinski definition) is 3. The summed E-state index contributed by atoms with van der Waals surface area (Å²) in [5.41, 5.74) is 11.2. The molecule has 0 saturated carbocycles. The van der Waals surface area contributed by atoms with Gasteiger partial charge in [-0.15, -0.1) is 0 Å². The van der Waals surface area contributed by atoms with Crippen molar-refractivity contribution in [2.75, 3.05) is 14.7 Å². The quantitative estimate of drug-likeness (QED) is 0.180. The van der Waals surface area contributed by atoms with Crippen LogP contribution in [0.1, 0.15) is 0 Å². The molecule has 11 rings (SSSR count). The first-order valence-corrected chi connectivity index (χ1v) is 17.8. The summed E-state index contributed by atoms with van der Waals surface area (Å²) in [4.78, 5) is 7.63. The van der Waals surface area contributed by atoms with Crippen molar-refractivity contribution in [2.45, 2.75) is 0 Å². The minimum absolute atomic E-state index is 0.926. The first-order valence-electron chi connectivity index (χ1n) is 16.5. The SMILES string of the molecule is c1ccc(N2c3cccc4c3P3c5c2cc2ccccc2c5N(c2ccccc2)c2c3c(cc3ccccc23)N4c2ccccc2)cc1. The third-order valence-corrected chi connectivity index (χ3v) is 12.8. The molecule has 0 aromatic heterocycles. The Labute approximate surface area is 280 Å². The molecule has 3 heterocycles. The highest BCUT2D eigenvalue weighted by atomic mass is 31.1. The third-order valence-electron chi connectivity index (χ3n) is 10.1. The summed E-state index contributed by atoms with van der Waals surface area (Å²) in [7, 11) is -0.926. The van der Waals surface area contributed by atoms with Crippen molar-refractivity contribution in [3.8, 4) is 0 Å². The summed E-state index contributed by atoms with van der Waals surface area (Å²) < 4.78 is 0. The number of anilines is 9. The van der Waals surface area contributed by atoms with Gasteiger partial charge >= 0.3 is 0 Å². The van der Waals surface area contributed by atoms with Crippen molar-refractivity contribution in [3.63, 3.8) is 0 Å². The fourth-order valence-corrected chi connectivity index (χ4v) is 11.3. The number of nitrogens with zero attached hydrogens (tertiary/aromatic N) is 3. The fraction of sp³-hybridized carbons (Fsp3) is 0. The van der Waals surface area contributed by atoms with Gasteiger partial charge in [0, 0.05) is 51.7 Å². The van der Waals surface area contributed by atoms with Gasteiger partial charge in [-0.2, -0.15) is 0 Å². The van der Waals surface area contributed by atoms with Crippen LogP contribution in [0.5, 0.6) is 0 Å². The second kappa shape index (κ2) is 9.81. The number of benzene rings is 8. The fourth-order valence-electron chi connectivity index (χ4n) is 8.20. The van der Waals surface area contributed by atoms with Crippen molar-refractivity contribution in [1.29, 1.82) is 0 Å². The molecule has 3 aliphatic rings. The zero-order chi connectivity index (χ0) is 31.3. The molecule has 0 N–H and O–H groups in total. The average Bonchev–Trinajstić information content (AvgIpc) is 3.16. The van der Waals surface area contributed by atoms with Gasteiger partial charge in [0.25, 0.3) is 0 Å². The monoisotopic (exact) mass is 629 g/mol. The molecule has 3 nitrogen and oxygen atoms in total. The summed E-state index contributed by atoms with van der Waals surface area (Å²) in [5, 5.41) is 9.32. The Balaban J connectivity index is 1.39. The topological polar surface area (TPSA) is 9.72 Å². The van der Waals surface area contributed by atoms with Crippen molar-refractivity contribution >= 4 is 96.6 Å². The summed E-state index contributed by atoms with van der Waals surface area (Å²) in [6.45, 7) is 0. The molecule has 0 radical (unpaired) electrons. The molecule has 0 saturated heterocycles. The Morgan fingerprint density at radius 2 is 0.708 bits per heavy atom. The van der Waals surface area contributed by atoms with Gasteiger partial charge in [-0.05, 0) is 71.4 Å². The van der Waals surface area contributed by atoms with Crippen LogP contribution in [0.4, 0.5) is 51.2 Å². The van der Waals surface area contributed by atoms with E-state index in [0.717, 1.165) is 0 Å². The van der Waals surface area contributed by atoms with Gasteiger partial charge in [0.15, 0.2) is 0 Å². The lowest BCUT2D eigenvalue weighted by atomic mass is 9.99. The third kappa shape index (κ3) is 3.41. The standard InChI is InChI=1S/C44H28N3P/c1-4-17-31(18-5-1)45-36-25-14-26-37-42(36)48-43-38(45)27-29-15-10-12-23-34(29)40(43)47(33-21-8-3-9-22-33)41-35-24-13-11-16-30(35)28-39(44(41)48)46(37)32-19-6-2-7-20-32/h1-28H. The van der Waals surface area contributed by atoms with Crippen LogP contribution in [0.2, 0.25) is 0 Å². The van der Waals surface area contributed by atoms with Crippen LogP contribution < -0.4 is 30.6 Å². The molecule has 0 bridgehead atoms. The first-order chi connectivity index (χ1) is 23.9. The van der Waals surface area contributed by atoms with Crippen molar-refractivity contribution in [3.05, 3.63) is 170 Å². The normalized spacial score (nSPS) is 14.0. The lowest BCUT2D eigenvalue weighted by molar-refractivity contribution is 1.24. The molecule has 8 aromatic carbocycles. The highest BCUT2D eigenvalue weighted by molar-refractivity contribution is 7.82. The van der Waals surface area contributed by atoms with E-state index in [4.69, 9.17) is 0 Å². The summed E-state index contributed by atoms with van der Waals surface area (Å²) in [5.74, 6) is 0. The van der Waals surface area contributed by atoms with E-state index in [1.807, 2.05) is 0 Å². The molecule has 0 amide bonds. The van der Waals surface area contributed by atoms with Gasteiger partial charge in [0.1, 0.15) is 0 Å². The summed E-state index contributed by atoms with van der Waals surface area (Å²) >= 11 is 0. The highest BCUT2D eigenvalue weighted by Crippen LogP contribution is 2.64. The Hall–Kier alpha value is -5.89. The molecule has 48 heavy (non-hydrogen) atoms. The van der Waals surface area contributed by atoms with Crippen LogP contribution in [0.3, 0.4) is 0 Å². The van der Waals surface area contributed by atoms with E-state index in [1.165, 1.54) is 88.6 Å². The second-order valence-corrected chi connectivity index (χ2v) is 14.6. The molecule has 4 heteroatoms. The number of para-hydroxylation sites is 3. The maximum absolute atomic E-state index is 2.59. The van der Waals surface area contributed by atoms with E-state index in [0.29, 0.717) is 0 Å². The lowest BCUT2D eigenvalue weighted by Crippen LogP contribution is -2.45. The van der Waals surface area contributed by atoms with Gasteiger partial charge in [0.05, 0.1) is 34.1 Å². The first kappa shape index (κ1) is 26.2. The molecule has 0 aliphatic carbocycles. The molecule has 0 fully saturated rings. The minimum Gasteiger partial charge on any atom is -0.309 e. The zero-order valence-corrected chi connectivity index (χ0v) is 26.8. The predicted molar refractivity (Wildman–Crippen MR) is 205 cm³/mol. The van der Waals surface area contributed by atoms with E-state index in [1.54, 1.807) is 0 Å². The Morgan fingerprint density at radius 1 is 0.312 bits per heavy atom. The van der Waals surface area contributed by atoms with Gasteiger partial charge in [-0.25, -0.2) is 0 Å². The zero-order valence-electron chi connectivity index (χ0n) is 26.0. The largest absolute Gasteiger partial charge is 0.309 e. The van der Waals surface area contributed by atoms with Crippen molar-refractivity contribution < 1.29 is 0 Å². The highest BCUT2D eigenvalue weighted by Gasteiger charge is 2.48. The van der Waals surface area contributed by atoms with Gasteiger partial charge in [-0.1, -0.05) is 109 Å². The maximum atomic E-state index is 2.59. The van der Waals surface area contributed by atoms with E-state index < -0.39 is 7.92 Å². The van der Waals surface area contributed by atoms with Crippen LogP contribution in [0.25, 0.3) is 21.5 Å². The lowest BCUT2D eigenvalue weighted by Gasteiger charge is -2.50. The van der Waals surface area contributed by atoms with Crippen molar-refractivity contribution in [1.82, 2.24) is 0 Å². The van der Waals surface area contributed by atoms with Crippen molar-refractivity contribution in [2.24, 2.45) is 0 Å². The molecule has 3 aliphatic heterocycles. The second-order valence-electron chi connectivity index (χ2n) is 12.6. The molecule has 0 spiro atoms. The van der Waals surface area contributed by atoms with E-state index in [-0.39, 0.29) is 0 Å². The smallest absolute Gasteiger partial charge is 0.0645 e. The Morgan fingerprint density at radius 3 is 1.17 bits per heavy atom. The number of hydrogen-bond donors (Lipinski definition) is 0. The molecule has 0 unspecified atom stereocenters. The number of rotatable bonds is 3. The van der Waals surface area contributed by atoms with E-state index >= 15 is 0 Å². The number of fused-ring (bicyclic) bond motifs is 4. The molecule has 8 aromatic rings. The van der Waals surface area contributed by atoms with Crippen LogP contribution in [0, 0.1) is 0 Å². The maximum Gasteiger partial charge on any atom is 0.0645 e. The molecular weight excluding hydrogens is 601 g/mol.